The van der Waals surface area contributed by atoms with E-state index in [-0.39, 0.29) is 32.4 Å². The van der Waals surface area contributed by atoms with Crippen LogP contribution in [0.25, 0.3) is 0 Å². The van der Waals surface area contributed by atoms with Crippen LogP contribution in [0.3, 0.4) is 0 Å². The molecule has 0 saturated heterocycles. The highest BCUT2D eigenvalue weighted by atomic mass is 19.4. The highest BCUT2D eigenvalue weighted by molar-refractivity contribution is 5.83. The van der Waals surface area contributed by atoms with E-state index in [9.17, 15) is 37.6 Å². The average molecular weight is 736 g/mol. The van der Waals surface area contributed by atoms with Crippen LogP contribution in [0.5, 0.6) is 0 Å². The van der Waals surface area contributed by atoms with Crippen LogP contribution in [0.4, 0.5) is 22.8 Å². The molecule has 2 amide bonds. The van der Waals surface area contributed by atoms with Crippen molar-refractivity contribution in [2.24, 2.45) is 0 Å². The Morgan fingerprint density at radius 2 is 1.44 bits per heavy atom. The number of ether oxygens (including phenoxy) is 5. The Balaban J connectivity index is 2.30. The van der Waals surface area contributed by atoms with Crippen molar-refractivity contribution in [2.45, 2.75) is 109 Å². The highest BCUT2D eigenvalue weighted by Crippen LogP contribution is 2.43. The number of carbonyl (C=O) groups excluding carboxylic acids is 4. The normalized spacial score (nSPS) is 14.1. The summed E-state index contributed by atoms with van der Waals surface area (Å²) in [6, 6.07) is 15.6. The minimum atomic E-state index is -5.26. The first-order valence-corrected chi connectivity index (χ1v) is 16.7. The summed E-state index contributed by atoms with van der Waals surface area (Å²) in [7, 11) is 0.719. The minimum Gasteiger partial charge on any atom is -0.458 e. The lowest BCUT2D eigenvalue weighted by Crippen LogP contribution is -2.53. The Morgan fingerprint density at radius 3 is 1.96 bits per heavy atom. The molecule has 0 heterocycles. The molecule has 0 radical (unpaired) electrons. The fourth-order valence-electron chi connectivity index (χ4n) is 4.90. The van der Waals surface area contributed by atoms with Gasteiger partial charge in [-0.15, -0.1) is 0 Å². The smallest absolute Gasteiger partial charge is 0.432 e. The van der Waals surface area contributed by atoms with E-state index in [1.807, 2.05) is 0 Å². The van der Waals surface area contributed by atoms with Crippen LogP contribution in [0, 0.1) is 11.3 Å². The van der Waals surface area contributed by atoms with Gasteiger partial charge in [0, 0.05) is 19.2 Å². The van der Waals surface area contributed by atoms with E-state index in [1.54, 1.807) is 77.9 Å². The largest absolute Gasteiger partial charge is 0.458 e. The molecule has 0 saturated carbocycles. The van der Waals surface area contributed by atoms with Gasteiger partial charge < -0.3 is 33.9 Å². The molecule has 15 heteroatoms. The van der Waals surface area contributed by atoms with Crippen LogP contribution < -0.4 is 5.32 Å². The zero-order valence-electron chi connectivity index (χ0n) is 30.6. The van der Waals surface area contributed by atoms with Crippen molar-refractivity contribution in [3.05, 3.63) is 71.8 Å². The molecule has 3 atom stereocenters. The summed E-state index contributed by atoms with van der Waals surface area (Å²) < 4.78 is 69.9. The lowest BCUT2D eigenvalue weighted by atomic mass is 9.92. The number of methoxy groups -OCH3 is 1. The molecular weight excluding hydrogens is 687 g/mol. The van der Waals surface area contributed by atoms with E-state index in [0.717, 1.165) is 24.1 Å². The third-order valence-corrected chi connectivity index (χ3v) is 7.21. The molecule has 12 nitrogen and oxygen atoms in total. The molecule has 0 spiro atoms. The predicted octanol–water partition coefficient (Wildman–Crippen LogP) is 6.96. The molecule has 1 N–H and O–H groups in total. The summed E-state index contributed by atoms with van der Waals surface area (Å²) in [5, 5.41) is 12.0. The van der Waals surface area contributed by atoms with Crippen molar-refractivity contribution in [3.63, 3.8) is 0 Å². The number of alkyl carbamates (subject to hydrolysis) is 1. The van der Waals surface area contributed by atoms with Gasteiger partial charge in [-0.05, 0) is 66.4 Å². The Hall–Kier alpha value is -4.84. The molecule has 2 aromatic rings. The molecule has 0 aliphatic rings. The number of unbranched alkanes of at least 4 members (excludes halogenated alkanes) is 1. The van der Waals surface area contributed by atoms with Gasteiger partial charge in [-0.3, -0.25) is 0 Å². The van der Waals surface area contributed by atoms with Crippen molar-refractivity contribution in [2.75, 3.05) is 20.2 Å². The summed E-state index contributed by atoms with van der Waals surface area (Å²) in [6.07, 6.45) is -8.59. The number of benzene rings is 2. The van der Waals surface area contributed by atoms with Crippen molar-refractivity contribution in [3.8, 4) is 6.07 Å². The predicted molar refractivity (Wildman–Crippen MR) is 182 cm³/mol. The Morgan fingerprint density at radius 1 is 0.865 bits per heavy atom. The van der Waals surface area contributed by atoms with Crippen molar-refractivity contribution >= 4 is 24.1 Å². The number of hydrogen-bond acceptors (Lipinski definition) is 10. The zero-order chi connectivity index (χ0) is 39.2. The zero-order valence-corrected chi connectivity index (χ0v) is 30.6. The summed E-state index contributed by atoms with van der Waals surface area (Å²) in [4.78, 5) is 53.3. The first-order chi connectivity index (χ1) is 24.2. The number of amides is 2. The lowest BCUT2D eigenvalue weighted by molar-refractivity contribution is -0.278. The topological polar surface area (TPSA) is 153 Å². The number of esters is 2. The van der Waals surface area contributed by atoms with Gasteiger partial charge in [0.15, 0.2) is 0 Å². The van der Waals surface area contributed by atoms with Crippen LogP contribution in [-0.4, -0.2) is 78.7 Å². The van der Waals surface area contributed by atoms with Gasteiger partial charge in [-0.25, -0.2) is 19.2 Å². The van der Waals surface area contributed by atoms with Crippen LogP contribution in [0.15, 0.2) is 60.7 Å². The maximum atomic E-state index is 14.5. The summed E-state index contributed by atoms with van der Waals surface area (Å²) in [6.45, 7) is 9.26. The molecule has 52 heavy (non-hydrogen) atoms. The monoisotopic (exact) mass is 735 g/mol. The van der Waals surface area contributed by atoms with Gasteiger partial charge in [-0.2, -0.15) is 18.4 Å². The summed E-state index contributed by atoms with van der Waals surface area (Å²) in [5.74, 6) is -2.52. The van der Waals surface area contributed by atoms with Gasteiger partial charge in [0.1, 0.15) is 30.0 Å². The molecule has 2 aromatic carbocycles. The maximum absolute atomic E-state index is 14.5. The van der Waals surface area contributed by atoms with Crippen LogP contribution in [0.2, 0.25) is 0 Å². The minimum absolute atomic E-state index is 0.0662. The number of halogens is 3. The summed E-state index contributed by atoms with van der Waals surface area (Å²) in [5.41, 5.74) is -5.09. The number of hydrogen-bond donors (Lipinski definition) is 1. The van der Waals surface area contributed by atoms with E-state index < -0.39 is 77.8 Å². The van der Waals surface area contributed by atoms with Gasteiger partial charge >= 0.3 is 30.3 Å². The van der Waals surface area contributed by atoms with Crippen molar-refractivity contribution in [1.29, 1.82) is 5.26 Å². The van der Waals surface area contributed by atoms with Gasteiger partial charge in [0.25, 0.3) is 5.60 Å². The fourth-order valence-corrected chi connectivity index (χ4v) is 4.90. The second kappa shape index (κ2) is 19.1. The Kier molecular flexibility index (Phi) is 15.9. The number of alkyl halides is 3. The van der Waals surface area contributed by atoms with Gasteiger partial charge in [0.2, 0.25) is 0 Å². The SMILES string of the molecule is CO[C@](C(=O)O[C@H](CC#N)CN(CCCC[C@H](NC(=O)OC(C)(C)C)C(=O)OC(C)(C)C)C(=O)OCc1ccccc1)(c1ccccc1)C(F)(F)F. The van der Waals surface area contributed by atoms with Crippen molar-refractivity contribution < 1.29 is 56.0 Å². The first-order valence-electron chi connectivity index (χ1n) is 16.7. The Labute approximate surface area is 302 Å². The quantitative estimate of drug-likeness (QED) is 0.109. The average Bonchev–Trinajstić information content (AvgIpc) is 3.03. The molecule has 0 bridgehead atoms. The number of rotatable bonds is 16. The molecule has 0 fully saturated rings. The van der Waals surface area contributed by atoms with Crippen molar-refractivity contribution in [1.82, 2.24) is 10.2 Å². The molecule has 0 aliphatic heterocycles. The molecule has 0 aliphatic carbocycles. The summed E-state index contributed by atoms with van der Waals surface area (Å²) >= 11 is 0. The van der Waals surface area contributed by atoms with Crippen LogP contribution in [0.1, 0.15) is 78.4 Å². The van der Waals surface area contributed by atoms with E-state index in [4.69, 9.17) is 23.7 Å². The number of nitrogens with one attached hydrogen (secondary N) is 1. The molecule has 0 unspecified atom stereocenters. The number of carbonyl (C=O) groups is 4. The maximum Gasteiger partial charge on any atom is 0.432 e. The molecular formula is C37H48F3N3O9. The fraction of sp³-hybridized carbons (Fsp3) is 0.541. The molecule has 286 valence electrons. The standard InChI is InChI=1S/C37H48F3N3O9/c1-34(2,3)51-30(44)29(42-32(46)52-35(4,5)6)20-14-15-23-43(33(47)49-25-26-16-10-8-11-17-26)24-28(21-22-41)50-31(45)36(48-7,37(38,39)40)27-18-12-9-13-19-27/h8-13,16-19,28-29H,14-15,20-21,23-25H2,1-7H3,(H,42,46)/t28-,29+,36+/m1/s1. The van der Waals surface area contributed by atoms with Crippen LogP contribution >= 0.6 is 0 Å². The van der Waals surface area contributed by atoms with E-state index in [0.29, 0.717) is 5.56 Å². The van der Waals surface area contributed by atoms with E-state index >= 15 is 0 Å². The third kappa shape index (κ3) is 13.7. The number of nitrogens with zero attached hydrogens (tertiary/aromatic N) is 2. The van der Waals surface area contributed by atoms with E-state index in [1.165, 1.54) is 18.2 Å². The molecule has 2 rings (SSSR count). The van der Waals surface area contributed by atoms with Gasteiger partial charge in [0.05, 0.1) is 19.0 Å². The lowest BCUT2D eigenvalue weighted by Gasteiger charge is -2.34. The second-order valence-corrected chi connectivity index (χ2v) is 13.9. The van der Waals surface area contributed by atoms with Gasteiger partial charge in [-0.1, -0.05) is 60.7 Å². The molecule has 0 aromatic heterocycles. The van der Waals surface area contributed by atoms with E-state index in [2.05, 4.69) is 5.32 Å². The number of nitriles is 1. The second-order valence-electron chi connectivity index (χ2n) is 13.9. The Bertz CT molecular complexity index is 1500. The van der Waals surface area contributed by atoms with Crippen LogP contribution in [-0.2, 0) is 45.5 Å². The third-order valence-electron chi connectivity index (χ3n) is 7.21. The highest BCUT2D eigenvalue weighted by Gasteiger charge is 2.64. The first kappa shape index (κ1) is 43.3.